The molecular formula is C56H62N8O2. The van der Waals surface area contributed by atoms with Gasteiger partial charge < -0.3 is 19.8 Å². The number of piperidine rings is 2. The predicted octanol–water partition coefficient (Wildman–Crippen LogP) is 10.6. The summed E-state index contributed by atoms with van der Waals surface area (Å²) in [5.41, 5.74) is 13.1. The van der Waals surface area contributed by atoms with Gasteiger partial charge >= 0.3 is 0 Å². The maximum absolute atomic E-state index is 13.9. The molecule has 4 aliphatic heterocycles. The number of carbonyl (C=O) groups is 2. The monoisotopic (exact) mass is 878 g/mol. The molecule has 338 valence electrons. The standard InChI is InChI=1S/C56H62N8O2/c65-53(35-41-13-3-5-15-45(41)37-61-27-7-1-8-28-61)63-31-11-17-51(63)55-57-47-25-23-43(33-49(47)59-55)39-19-21-40(22-20-39)44-24-26-48-50(34-44)60-56(58-48)52-18-12-32-64(52)54(66)36-42-14-4-6-16-46(42)38-62-29-9-2-10-30-62/h3-6,13-16,19-26,33-34,51-52H,1-2,7-12,17-18,27-32,35-38H2,(H,57,59)(H,58,60)/t51-,52-/m1/s1. The number of likely N-dealkylation sites (tertiary alicyclic amines) is 4. The highest BCUT2D eigenvalue weighted by Crippen LogP contribution is 2.36. The van der Waals surface area contributed by atoms with Gasteiger partial charge in [0.15, 0.2) is 0 Å². The summed E-state index contributed by atoms with van der Waals surface area (Å²) >= 11 is 0. The van der Waals surface area contributed by atoms with Crippen molar-refractivity contribution >= 4 is 33.9 Å². The second-order valence-corrected chi connectivity index (χ2v) is 19.3. The van der Waals surface area contributed by atoms with Crippen molar-refractivity contribution in [2.75, 3.05) is 39.3 Å². The molecule has 0 aliphatic carbocycles. The molecule has 2 atom stereocenters. The number of amides is 2. The van der Waals surface area contributed by atoms with Crippen LogP contribution in [-0.4, -0.2) is 90.6 Å². The maximum atomic E-state index is 13.9. The van der Waals surface area contributed by atoms with Gasteiger partial charge in [-0.25, -0.2) is 9.97 Å². The van der Waals surface area contributed by atoms with E-state index in [1.165, 1.54) is 49.7 Å². The van der Waals surface area contributed by atoms with Crippen molar-refractivity contribution < 1.29 is 9.59 Å². The van der Waals surface area contributed by atoms with Crippen LogP contribution in [-0.2, 0) is 35.5 Å². The third kappa shape index (κ3) is 9.05. The molecule has 2 N–H and O–H groups in total. The quantitative estimate of drug-likeness (QED) is 0.127. The van der Waals surface area contributed by atoms with Gasteiger partial charge in [-0.1, -0.05) is 97.8 Å². The van der Waals surface area contributed by atoms with Gasteiger partial charge in [0.2, 0.25) is 11.8 Å². The summed E-state index contributed by atoms with van der Waals surface area (Å²) in [6.45, 7) is 7.92. The van der Waals surface area contributed by atoms with E-state index in [1.807, 2.05) is 0 Å². The van der Waals surface area contributed by atoms with Crippen molar-refractivity contribution in [3.05, 3.63) is 143 Å². The van der Waals surface area contributed by atoms with Gasteiger partial charge in [-0.15, -0.1) is 0 Å². The lowest BCUT2D eigenvalue weighted by Crippen LogP contribution is -2.33. The summed E-state index contributed by atoms with van der Waals surface area (Å²) < 4.78 is 0. The summed E-state index contributed by atoms with van der Waals surface area (Å²) in [6.07, 6.45) is 12.3. The van der Waals surface area contributed by atoms with Gasteiger partial charge in [-0.05, 0) is 146 Å². The minimum Gasteiger partial charge on any atom is -0.340 e. The smallest absolute Gasteiger partial charge is 0.227 e. The molecule has 4 aliphatic rings. The number of nitrogens with zero attached hydrogens (tertiary/aromatic N) is 6. The fourth-order valence-corrected chi connectivity index (χ4v) is 11.3. The predicted molar refractivity (Wildman–Crippen MR) is 263 cm³/mol. The topological polar surface area (TPSA) is 104 Å². The molecule has 2 aromatic heterocycles. The molecule has 11 rings (SSSR count). The van der Waals surface area contributed by atoms with Gasteiger partial charge in [0, 0.05) is 26.2 Å². The molecular weight excluding hydrogens is 817 g/mol. The zero-order valence-electron chi connectivity index (χ0n) is 38.2. The van der Waals surface area contributed by atoms with Crippen LogP contribution in [0.2, 0.25) is 0 Å². The first-order valence-corrected chi connectivity index (χ1v) is 24.8. The summed E-state index contributed by atoms with van der Waals surface area (Å²) in [5, 5.41) is 0. The largest absolute Gasteiger partial charge is 0.340 e. The van der Waals surface area contributed by atoms with E-state index >= 15 is 0 Å². The fourth-order valence-electron chi connectivity index (χ4n) is 11.3. The molecule has 2 amide bonds. The van der Waals surface area contributed by atoms with Crippen LogP contribution in [0.5, 0.6) is 0 Å². The average Bonchev–Trinajstić information content (AvgIpc) is 4.20. The second-order valence-electron chi connectivity index (χ2n) is 19.3. The number of carbonyl (C=O) groups excluding carboxylic acids is 2. The molecule has 0 unspecified atom stereocenters. The van der Waals surface area contributed by atoms with Crippen LogP contribution in [0.15, 0.2) is 109 Å². The van der Waals surface area contributed by atoms with Crippen molar-refractivity contribution in [1.82, 2.24) is 39.5 Å². The molecule has 0 spiro atoms. The van der Waals surface area contributed by atoms with Crippen molar-refractivity contribution in [3.8, 4) is 22.3 Å². The van der Waals surface area contributed by atoms with Gasteiger partial charge in [0.1, 0.15) is 11.6 Å². The molecule has 4 fully saturated rings. The number of hydrogen-bond donors (Lipinski definition) is 2. The lowest BCUT2D eigenvalue weighted by atomic mass is 10.00. The molecule has 4 saturated heterocycles. The Balaban J connectivity index is 0.750. The Kier molecular flexibility index (Phi) is 12.3. The number of imidazole rings is 2. The van der Waals surface area contributed by atoms with Crippen LogP contribution in [0, 0.1) is 0 Å². The first kappa shape index (κ1) is 42.5. The Labute approximate surface area is 388 Å². The summed E-state index contributed by atoms with van der Waals surface area (Å²) in [4.78, 5) is 54.4. The van der Waals surface area contributed by atoms with Crippen molar-refractivity contribution in [3.63, 3.8) is 0 Å². The molecule has 66 heavy (non-hydrogen) atoms. The summed E-state index contributed by atoms with van der Waals surface area (Å²) in [5.74, 6) is 2.11. The molecule has 0 radical (unpaired) electrons. The Morgan fingerprint density at radius 2 is 0.848 bits per heavy atom. The highest BCUT2D eigenvalue weighted by molar-refractivity contribution is 5.86. The van der Waals surface area contributed by atoms with Gasteiger partial charge in [0.25, 0.3) is 0 Å². The summed E-state index contributed by atoms with van der Waals surface area (Å²) in [6, 6.07) is 38.5. The van der Waals surface area contributed by atoms with Crippen molar-refractivity contribution in [2.24, 2.45) is 0 Å². The Morgan fingerprint density at radius 1 is 0.455 bits per heavy atom. The number of aromatic amines is 2. The number of benzene rings is 5. The molecule has 6 heterocycles. The van der Waals surface area contributed by atoms with Gasteiger partial charge in [-0.3, -0.25) is 19.4 Å². The Hall–Kier alpha value is -6.10. The zero-order chi connectivity index (χ0) is 44.4. The van der Waals surface area contributed by atoms with E-state index in [0.29, 0.717) is 12.8 Å². The van der Waals surface area contributed by atoms with Crippen LogP contribution in [0.25, 0.3) is 44.3 Å². The molecule has 10 nitrogen and oxygen atoms in total. The van der Waals surface area contributed by atoms with E-state index in [9.17, 15) is 9.59 Å². The number of aromatic nitrogens is 4. The van der Waals surface area contributed by atoms with E-state index in [2.05, 4.69) is 139 Å². The van der Waals surface area contributed by atoms with Gasteiger partial charge in [-0.2, -0.15) is 0 Å². The van der Waals surface area contributed by atoms with Crippen LogP contribution >= 0.6 is 0 Å². The number of rotatable bonds is 12. The lowest BCUT2D eigenvalue weighted by molar-refractivity contribution is -0.132. The highest BCUT2D eigenvalue weighted by Gasteiger charge is 2.34. The zero-order valence-corrected chi connectivity index (χ0v) is 38.2. The van der Waals surface area contributed by atoms with E-state index < -0.39 is 0 Å². The Morgan fingerprint density at radius 3 is 1.27 bits per heavy atom. The van der Waals surface area contributed by atoms with Gasteiger partial charge in [0.05, 0.1) is 47.0 Å². The fraction of sp³-hybridized carbons (Fsp3) is 0.393. The Bertz CT molecular complexity index is 2640. The number of hydrogen-bond acceptors (Lipinski definition) is 6. The van der Waals surface area contributed by atoms with Crippen LogP contribution in [0.1, 0.15) is 110 Å². The summed E-state index contributed by atoms with van der Waals surface area (Å²) in [7, 11) is 0. The SMILES string of the molecule is O=C(Cc1ccccc1CN1CCCCC1)N1CCC[C@@H]1c1nc2ccc(-c3ccc(-c4ccc5nc([C@H]6CCCN6C(=O)Cc6ccccc6CN6CCCCC6)[nH]c5c4)cc3)cc2[nH]1. The molecule has 10 heteroatoms. The lowest BCUT2D eigenvalue weighted by Gasteiger charge is -2.28. The second kappa shape index (κ2) is 19.0. The minimum atomic E-state index is -0.0490. The van der Waals surface area contributed by atoms with Crippen LogP contribution in [0.4, 0.5) is 0 Å². The normalized spacial score (nSPS) is 19.6. The van der Waals surface area contributed by atoms with Crippen LogP contribution < -0.4 is 0 Å². The van der Waals surface area contributed by atoms with Crippen LogP contribution in [0.3, 0.4) is 0 Å². The number of H-pyrrole nitrogens is 2. The van der Waals surface area contributed by atoms with E-state index in [1.54, 1.807) is 0 Å². The third-order valence-corrected chi connectivity index (χ3v) is 14.9. The van der Waals surface area contributed by atoms with E-state index in [4.69, 9.17) is 9.97 Å². The van der Waals surface area contributed by atoms with E-state index in [-0.39, 0.29) is 23.9 Å². The third-order valence-electron chi connectivity index (χ3n) is 14.9. The average molecular weight is 879 g/mol. The molecule has 7 aromatic rings. The molecule has 0 saturated carbocycles. The number of nitrogens with one attached hydrogen (secondary N) is 2. The first-order valence-electron chi connectivity index (χ1n) is 24.8. The highest BCUT2D eigenvalue weighted by atomic mass is 16.2. The molecule has 5 aromatic carbocycles. The molecule has 0 bridgehead atoms. The minimum absolute atomic E-state index is 0.0490. The van der Waals surface area contributed by atoms with E-state index in [0.717, 1.165) is 145 Å². The van der Waals surface area contributed by atoms with Crippen molar-refractivity contribution in [1.29, 1.82) is 0 Å². The first-order chi connectivity index (χ1) is 32.5. The number of fused-ring (bicyclic) bond motifs is 2. The van der Waals surface area contributed by atoms with Crippen molar-refractivity contribution in [2.45, 2.75) is 102 Å². The maximum Gasteiger partial charge on any atom is 0.227 e.